The Bertz CT molecular complexity index is 434. The van der Waals surface area contributed by atoms with Gasteiger partial charge in [-0.1, -0.05) is 41.9 Å². The van der Waals surface area contributed by atoms with Gasteiger partial charge < -0.3 is 10.6 Å². The highest BCUT2D eigenvalue weighted by molar-refractivity contribution is 9.10. The highest BCUT2D eigenvalue weighted by Crippen LogP contribution is 2.29. The van der Waals surface area contributed by atoms with Crippen LogP contribution in [0.4, 0.5) is 0 Å². The number of nitrogens with two attached hydrogens (primary N) is 1. The lowest BCUT2D eigenvalue weighted by Gasteiger charge is -2.44. The largest absolute Gasteiger partial charge is 0.326 e. The predicted molar refractivity (Wildman–Crippen MR) is 93.4 cm³/mol. The Morgan fingerprint density at radius 1 is 1.24 bits per heavy atom. The molecule has 0 aliphatic carbocycles. The zero-order valence-corrected chi connectivity index (χ0v) is 15.0. The molecule has 0 aromatic heterocycles. The number of halogens is 1. The van der Waals surface area contributed by atoms with Crippen LogP contribution in [0.5, 0.6) is 0 Å². The molecule has 3 nitrogen and oxygen atoms in total. The Morgan fingerprint density at radius 2 is 1.90 bits per heavy atom. The van der Waals surface area contributed by atoms with Gasteiger partial charge in [0.1, 0.15) is 0 Å². The number of likely N-dealkylation sites (N-methyl/N-ethyl adjacent to an activating group) is 1. The second kappa shape index (κ2) is 7.73. The van der Waals surface area contributed by atoms with Gasteiger partial charge >= 0.3 is 0 Å². The van der Waals surface area contributed by atoms with Crippen LogP contribution in [-0.4, -0.2) is 48.6 Å². The van der Waals surface area contributed by atoms with Crippen LogP contribution in [0.2, 0.25) is 0 Å². The van der Waals surface area contributed by atoms with Gasteiger partial charge in [0.15, 0.2) is 0 Å². The maximum atomic E-state index is 6.47. The molecule has 1 fully saturated rings. The molecular formula is C17H28BrN3. The Labute approximate surface area is 137 Å². The Kier molecular flexibility index (Phi) is 6.23. The van der Waals surface area contributed by atoms with Gasteiger partial charge in [-0.05, 0) is 37.6 Å². The van der Waals surface area contributed by atoms with E-state index in [-0.39, 0.29) is 6.04 Å². The van der Waals surface area contributed by atoms with E-state index in [1.165, 1.54) is 12.0 Å². The van der Waals surface area contributed by atoms with E-state index in [4.69, 9.17) is 5.73 Å². The van der Waals surface area contributed by atoms with Crippen LogP contribution in [0.15, 0.2) is 28.7 Å². The third-order valence-electron chi connectivity index (χ3n) is 4.76. The molecule has 1 aromatic rings. The SMILES string of the molecule is CCC(N)C(c1ccc(Br)cc1)N1CCN(C)C(CC)C1. The van der Waals surface area contributed by atoms with Gasteiger partial charge in [0.25, 0.3) is 0 Å². The molecule has 0 radical (unpaired) electrons. The molecule has 3 unspecified atom stereocenters. The van der Waals surface area contributed by atoms with E-state index in [2.05, 4.69) is 70.9 Å². The first-order valence-electron chi connectivity index (χ1n) is 8.02. The monoisotopic (exact) mass is 353 g/mol. The summed E-state index contributed by atoms with van der Waals surface area (Å²) < 4.78 is 1.12. The fourth-order valence-electron chi connectivity index (χ4n) is 3.28. The van der Waals surface area contributed by atoms with E-state index in [0.29, 0.717) is 12.1 Å². The van der Waals surface area contributed by atoms with E-state index in [1.54, 1.807) is 0 Å². The highest BCUT2D eigenvalue weighted by atomic mass is 79.9. The predicted octanol–water partition coefficient (Wildman–Crippen LogP) is 3.25. The highest BCUT2D eigenvalue weighted by Gasteiger charge is 2.31. The molecule has 0 saturated carbocycles. The molecule has 1 aliphatic rings. The van der Waals surface area contributed by atoms with Crippen LogP contribution in [-0.2, 0) is 0 Å². The first kappa shape index (κ1) is 16.9. The molecule has 1 saturated heterocycles. The summed E-state index contributed by atoms with van der Waals surface area (Å²) in [6, 6.07) is 9.82. The molecule has 0 bridgehead atoms. The summed E-state index contributed by atoms with van der Waals surface area (Å²) in [5.74, 6) is 0. The molecule has 4 heteroatoms. The standard InChI is InChI=1S/C17H28BrN3/c1-4-15-12-21(11-10-20(15)3)17(16(19)5-2)13-6-8-14(18)9-7-13/h6-9,15-17H,4-5,10-12,19H2,1-3H3. The molecule has 3 atom stereocenters. The van der Waals surface area contributed by atoms with Crippen LogP contribution < -0.4 is 5.73 Å². The van der Waals surface area contributed by atoms with E-state index in [1.807, 2.05) is 0 Å². The quantitative estimate of drug-likeness (QED) is 0.881. The number of rotatable bonds is 5. The Hall–Kier alpha value is -0.420. The summed E-state index contributed by atoms with van der Waals surface area (Å²) in [7, 11) is 2.24. The van der Waals surface area contributed by atoms with Crippen LogP contribution >= 0.6 is 15.9 Å². The molecule has 0 spiro atoms. The number of hydrogen-bond acceptors (Lipinski definition) is 3. The van der Waals surface area contributed by atoms with Crippen molar-refractivity contribution in [2.24, 2.45) is 5.73 Å². The van der Waals surface area contributed by atoms with Crippen molar-refractivity contribution in [2.75, 3.05) is 26.7 Å². The second-order valence-electron chi connectivity index (χ2n) is 6.11. The first-order chi connectivity index (χ1) is 10.1. The van der Waals surface area contributed by atoms with Gasteiger partial charge in [0.05, 0.1) is 0 Å². The summed E-state index contributed by atoms with van der Waals surface area (Å²) in [4.78, 5) is 5.07. The van der Waals surface area contributed by atoms with Crippen LogP contribution in [0.1, 0.15) is 38.3 Å². The fraction of sp³-hybridized carbons (Fsp3) is 0.647. The lowest BCUT2D eigenvalue weighted by Crippen LogP contribution is -2.54. The Balaban J connectivity index is 2.22. The van der Waals surface area contributed by atoms with Crippen molar-refractivity contribution in [3.8, 4) is 0 Å². The topological polar surface area (TPSA) is 32.5 Å². The minimum absolute atomic E-state index is 0.187. The van der Waals surface area contributed by atoms with Gasteiger partial charge in [-0.25, -0.2) is 0 Å². The Morgan fingerprint density at radius 3 is 2.48 bits per heavy atom. The number of piperazine rings is 1. The number of nitrogens with zero attached hydrogens (tertiary/aromatic N) is 2. The van der Waals surface area contributed by atoms with E-state index >= 15 is 0 Å². The van der Waals surface area contributed by atoms with Crippen molar-refractivity contribution in [3.63, 3.8) is 0 Å². The van der Waals surface area contributed by atoms with Crippen molar-refractivity contribution < 1.29 is 0 Å². The molecule has 0 amide bonds. The van der Waals surface area contributed by atoms with Gasteiger partial charge in [-0.2, -0.15) is 0 Å². The van der Waals surface area contributed by atoms with Crippen molar-refractivity contribution in [1.82, 2.24) is 9.80 Å². The van der Waals surface area contributed by atoms with Gasteiger partial charge in [0, 0.05) is 42.2 Å². The lowest BCUT2D eigenvalue weighted by molar-refractivity contribution is 0.0524. The van der Waals surface area contributed by atoms with Crippen molar-refractivity contribution >= 4 is 15.9 Å². The molecule has 1 aromatic carbocycles. The lowest BCUT2D eigenvalue weighted by atomic mass is 9.94. The van der Waals surface area contributed by atoms with Crippen molar-refractivity contribution in [1.29, 1.82) is 0 Å². The maximum absolute atomic E-state index is 6.47. The van der Waals surface area contributed by atoms with Crippen molar-refractivity contribution in [3.05, 3.63) is 34.3 Å². The van der Waals surface area contributed by atoms with Crippen LogP contribution in [0.3, 0.4) is 0 Å². The summed E-state index contributed by atoms with van der Waals surface area (Å²) in [6.45, 7) is 7.80. The molecular weight excluding hydrogens is 326 g/mol. The summed E-state index contributed by atoms with van der Waals surface area (Å²) in [6.07, 6.45) is 2.20. The normalized spacial score (nSPS) is 24.0. The third kappa shape index (κ3) is 4.07. The van der Waals surface area contributed by atoms with Gasteiger partial charge in [0.2, 0.25) is 0 Å². The molecule has 2 rings (SSSR count). The van der Waals surface area contributed by atoms with E-state index in [9.17, 15) is 0 Å². The summed E-state index contributed by atoms with van der Waals surface area (Å²) in [5.41, 5.74) is 7.81. The minimum atomic E-state index is 0.187. The molecule has 118 valence electrons. The smallest absolute Gasteiger partial charge is 0.0500 e. The van der Waals surface area contributed by atoms with Crippen LogP contribution in [0.25, 0.3) is 0 Å². The van der Waals surface area contributed by atoms with Crippen molar-refractivity contribution in [2.45, 2.75) is 44.8 Å². The average Bonchev–Trinajstić information content (AvgIpc) is 2.50. The molecule has 1 heterocycles. The molecule has 2 N–H and O–H groups in total. The maximum Gasteiger partial charge on any atom is 0.0500 e. The average molecular weight is 354 g/mol. The van der Waals surface area contributed by atoms with E-state index < -0.39 is 0 Å². The number of benzene rings is 1. The summed E-state index contributed by atoms with van der Waals surface area (Å²) >= 11 is 3.52. The number of hydrogen-bond donors (Lipinski definition) is 1. The van der Waals surface area contributed by atoms with Gasteiger partial charge in [-0.15, -0.1) is 0 Å². The van der Waals surface area contributed by atoms with Crippen LogP contribution in [0, 0.1) is 0 Å². The van der Waals surface area contributed by atoms with E-state index in [0.717, 1.165) is 30.5 Å². The zero-order valence-electron chi connectivity index (χ0n) is 13.4. The fourth-order valence-corrected chi connectivity index (χ4v) is 3.54. The van der Waals surface area contributed by atoms with Gasteiger partial charge in [-0.3, -0.25) is 4.90 Å². The molecule has 21 heavy (non-hydrogen) atoms. The zero-order chi connectivity index (χ0) is 15.4. The second-order valence-corrected chi connectivity index (χ2v) is 7.02. The molecule has 1 aliphatic heterocycles. The summed E-state index contributed by atoms with van der Waals surface area (Å²) in [5, 5.41) is 0. The third-order valence-corrected chi connectivity index (χ3v) is 5.29. The first-order valence-corrected chi connectivity index (χ1v) is 8.81. The minimum Gasteiger partial charge on any atom is -0.326 e.